The van der Waals surface area contributed by atoms with Crippen molar-refractivity contribution in [1.82, 2.24) is 15.3 Å². The predicted octanol–water partition coefficient (Wildman–Crippen LogP) is 0.709. The highest BCUT2D eigenvalue weighted by molar-refractivity contribution is 5.92. The number of pyridine rings is 2. The Balaban J connectivity index is 2.04. The number of amides is 1. The van der Waals surface area contributed by atoms with Crippen molar-refractivity contribution < 1.29 is 9.53 Å². The Labute approximate surface area is 109 Å². The molecule has 2 N–H and O–H groups in total. The molecule has 0 aliphatic rings. The van der Waals surface area contributed by atoms with Crippen LogP contribution in [0.3, 0.4) is 0 Å². The van der Waals surface area contributed by atoms with E-state index in [1.54, 1.807) is 18.3 Å². The molecule has 0 fully saturated rings. The van der Waals surface area contributed by atoms with Crippen molar-refractivity contribution in [3.05, 3.63) is 58.3 Å². The molecule has 0 atom stereocenters. The number of nitrogens with one attached hydrogen (secondary N) is 2. The van der Waals surface area contributed by atoms with Crippen LogP contribution in [0.15, 0.2) is 41.5 Å². The Morgan fingerprint density at radius 1 is 1.47 bits per heavy atom. The van der Waals surface area contributed by atoms with Crippen LogP contribution in [-0.4, -0.2) is 23.0 Å². The highest BCUT2D eigenvalue weighted by Gasteiger charge is 2.08. The predicted molar refractivity (Wildman–Crippen MR) is 69.0 cm³/mol. The molecular weight excluding hydrogens is 246 g/mol. The van der Waals surface area contributed by atoms with Crippen LogP contribution in [0.1, 0.15) is 16.2 Å². The molecule has 1 amide bonds. The second kappa shape index (κ2) is 5.81. The van der Waals surface area contributed by atoms with Crippen molar-refractivity contribution in [1.29, 1.82) is 0 Å². The molecule has 2 aromatic heterocycles. The molecule has 6 heteroatoms. The maximum Gasteiger partial charge on any atom is 0.268 e. The molecule has 2 rings (SSSR count). The summed E-state index contributed by atoms with van der Waals surface area (Å²) in [4.78, 5) is 30.1. The number of ether oxygens (including phenoxy) is 1. The van der Waals surface area contributed by atoms with E-state index in [0.717, 1.165) is 5.69 Å². The van der Waals surface area contributed by atoms with Gasteiger partial charge in [0.2, 0.25) is 5.43 Å². The zero-order valence-corrected chi connectivity index (χ0v) is 10.3. The molecule has 0 unspecified atom stereocenters. The number of rotatable bonds is 4. The number of aromatic amines is 1. The lowest BCUT2D eigenvalue weighted by Gasteiger charge is -2.05. The van der Waals surface area contributed by atoms with E-state index in [4.69, 9.17) is 4.74 Å². The first-order valence-corrected chi connectivity index (χ1v) is 5.65. The number of carbonyl (C=O) groups is 1. The molecule has 2 aromatic rings. The summed E-state index contributed by atoms with van der Waals surface area (Å²) in [6, 6.07) is 6.64. The maximum absolute atomic E-state index is 11.8. The van der Waals surface area contributed by atoms with E-state index < -0.39 is 0 Å². The number of H-pyrrole nitrogens is 1. The Morgan fingerprint density at radius 3 is 2.95 bits per heavy atom. The SMILES string of the molecule is COc1c[nH]c(C(=O)NCc2ccccn2)cc1=O. The van der Waals surface area contributed by atoms with E-state index in [2.05, 4.69) is 15.3 Å². The van der Waals surface area contributed by atoms with Gasteiger partial charge in [-0.25, -0.2) is 0 Å². The summed E-state index contributed by atoms with van der Waals surface area (Å²) in [7, 11) is 1.39. The lowest BCUT2D eigenvalue weighted by atomic mass is 10.3. The van der Waals surface area contributed by atoms with Crippen molar-refractivity contribution in [2.75, 3.05) is 7.11 Å². The van der Waals surface area contributed by atoms with Crippen molar-refractivity contribution >= 4 is 5.91 Å². The number of aromatic nitrogens is 2. The molecule has 0 bridgehead atoms. The van der Waals surface area contributed by atoms with E-state index in [9.17, 15) is 9.59 Å². The number of nitrogens with zero attached hydrogens (tertiary/aromatic N) is 1. The molecule has 0 saturated carbocycles. The van der Waals surface area contributed by atoms with Crippen LogP contribution < -0.4 is 15.5 Å². The maximum atomic E-state index is 11.8. The number of hydrogen-bond donors (Lipinski definition) is 2. The van der Waals surface area contributed by atoms with E-state index in [1.165, 1.54) is 19.4 Å². The smallest absolute Gasteiger partial charge is 0.268 e. The van der Waals surface area contributed by atoms with Crippen LogP contribution in [0.2, 0.25) is 0 Å². The second-order valence-electron chi connectivity index (χ2n) is 3.78. The average Bonchev–Trinajstić information content (AvgIpc) is 2.45. The van der Waals surface area contributed by atoms with Crippen LogP contribution in [0.5, 0.6) is 5.75 Å². The minimum atomic E-state index is -0.370. The van der Waals surface area contributed by atoms with Crippen molar-refractivity contribution in [3.63, 3.8) is 0 Å². The first-order chi connectivity index (χ1) is 9.20. The van der Waals surface area contributed by atoms with Crippen LogP contribution in [0.25, 0.3) is 0 Å². The molecule has 98 valence electrons. The minimum Gasteiger partial charge on any atom is -0.491 e. The monoisotopic (exact) mass is 259 g/mol. The summed E-state index contributed by atoms with van der Waals surface area (Å²) in [6.07, 6.45) is 3.01. The Hall–Kier alpha value is -2.63. The number of hydrogen-bond acceptors (Lipinski definition) is 4. The summed E-state index contributed by atoms with van der Waals surface area (Å²) < 4.78 is 4.82. The topological polar surface area (TPSA) is 84.1 Å². The molecule has 2 heterocycles. The zero-order chi connectivity index (χ0) is 13.7. The molecule has 0 aliphatic carbocycles. The lowest BCUT2D eigenvalue weighted by Crippen LogP contribution is -2.25. The van der Waals surface area contributed by atoms with Crippen LogP contribution in [0.4, 0.5) is 0 Å². The first-order valence-electron chi connectivity index (χ1n) is 5.65. The van der Waals surface area contributed by atoms with Crippen LogP contribution in [-0.2, 0) is 6.54 Å². The standard InChI is InChI=1S/C13H13N3O3/c1-19-12-8-15-10(6-11(12)17)13(18)16-7-9-4-2-3-5-14-9/h2-6,8H,7H2,1H3,(H,15,17)(H,16,18). The normalized spacial score (nSPS) is 9.95. The minimum absolute atomic E-state index is 0.168. The van der Waals surface area contributed by atoms with Crippen LogP contribution in [0, 0.1) is 0 Å². The van der Waals surface area contributed by atoms with Gasteiger partial charge in [-0.1, -0.05) is 6.07 Å². The molecule has 19 heavy (non-hydrogen) atoms. The first kappa shape index (κ1) is 12.8. The fourth-order valence-electron chi connectivity index (χ4n) is 1.52. The highest BCUT2D eigenvalue weighted by atomic mass is 16.5. The highest BCUT2D eigenvalue weighted by Crippen LogP contribution is 2.01. The number of carbonyl (C=O) groups excluding carboxylic acids is 1. The van der Waals surface area contributed by atoms with Gasteiger partial charge in [0.05, 0.1) is 19.3 Å². The van der Waals surface area contributed by atoms with Gasteiger partial charge in [0.15, 0.2) is 5.75 Å². The average molecular weight is 259 g/mol. The molecule has 0 saturated heterocycles. The summed E-state index contributed by atoms with van der Waals surface area (Å²) in [5.41, 5.74) is 0.581. The Morgan fingerprint density at radius 2 is 2.32 bits per heavy atom. The quantitative estimate of drug-likeness (QED) is 0.847. The van der Waals surface area contributed by atoms with Gasteiger partial charge in [0, 0.05) is 18.5 Å². The molecule has 0 aromatic carbocycles. The third kappa shape index (κ3) is 3.19. The van der Waals surface area contributed by atoms with Gasteiger partial charge in [-0.3, -0.25) is 14.6 Å². The summed E-state index contributed by atoms with van der Waals surface area (Å²) >= 11 is 0. The van der Waals surface area contributed by atoms with Gasteiger partial charge >= 0.3 is 0 Å². The lowest BCUT2D eigenvalue weighted by molar-refractivity contribution is 0.0945. The van der Waals surface area contributed by atoms with Crippen molar-refractivity contribution in [2.45, 2.75) is 6.54 Å². The molecule has 0 spiro atoms. The summed E-state index contributed by atoms with van der Waals surface area (Å²) in [6.45, 7) is 0.299. The van der Waals surface area contributed by atoms with E-state index in [1.807, 2.05) is 6.07 Å². The van der Waals surface area contributed by atoms with Gasteiger partial charge < -0.3 is 15.0 Å². The molecular formula is C13H13N3O3. The Kier molecular flexibility index (Phi) is 3.92. The van der Waals surface area contributed by atoms with Gasteiger partial charge in [-0.05, 0) is 12.1 Å². The fourth-order valence-corrected chi connectivity index (χ4v) is 1.52. The van der Waals surface area contributed by atoms with E-state index in [-0.39, 0.29) is 22.8 Å². The largest absolute Gasteiger partial charge is 0.491 e. The van der Waals surface area contributed by atoms with Gasteiger partial charge in [0.1, 0.15) is 5.69 Å². The Bertz CT molecular complexity index is 623. The van der Waals surface area contributed by atoms with Gasteiger partial charge in [0.25, 0.3) is 5.91 Å². The fraction of sp³-hybridized carbons (Fsp3) is 0.154. The van der Waals surface area contributed by atoms with E-state index >= 15 is 0 Å². The summed E-state index contributed by atoms with van der Waals surface area (Å²) in [5, 5.41) is 2.67. The third-order valence-electron chi connectivity index (χ3n) is 2.50. The van der Waals surface area contributed by atoms with Gasteiger partial charge in [-0.15, -0.1) is 0 Å². The molecule has 6 nitrogen and oxygen atoms in total. The van der Waals surface area contributed by atoms with Crippen molar-refractivity contribution in [3.8, 4) is 5.75 Å². The second-order valence-corrected chi connectivity index (χ2v) is 3.78. The molecule has 0 radical (unpaired) electrons. The molecule has 0 aliphatic heterocycles. The number of methoxy groups -OCH3 is 1. The van der Waals surface area contributed by atoms with Crippen molar-refractivity contribution in [2.24, 2.45) is 0 Å². The van der Waals surface area contributed by atoms with E-state index in [0.29, 0.717) is 6.54 Å². The summed E-state index contributed by atoms with van der Waals surface area (Å²) in [5.74, 6) is -0.202. The van der Waals surface area contributed by atoms with Crippen LogP contribution >= 0.6 is 0 Å². The zero-order valence-electron chi connectivity index (χ0n) is 10.3. The van der Waals surface area contributed by atoms with Gasteiger partial charge in [-0.2, -0.15) is 0 Å². The third-order valence-corrected chi connectivity index (χ3v) is 2.50.